The Kier molecular flexibility index (Phi) is 8.64. The summed E-state index contributed by atoms with van der Waals surface area (Å²) < 4.78 is 12.4. The van der Waals surface area contributed by atoms with Gasteiger partial charge in [-0.3, -0.25) is 28.7 Å². The quantitative estimate of drug-likeness (QED) is 0.189. The van der Waals surface area contributed by atoms with Crippen LogP contribution in [0.2, 0.25) is 0 Å². The molecule has 198 valence electrons. The predicted octanol–water partition coefficient (Wildman–Crippen LogP) is -4.71. The van der Waals surface area contributed by atoms with Gasteiger partial charge in [0.2, 0.25) is 0 Å². The number of rotatable bonds is 4. The van der Waals surface area contributed by atoms with E-state index in [2.05, 4.69) is 16.8 Å². The Labute approximate surface area is 207 Å². The van der Waals surface area contributed by atoms with Crippen molar-refractivity contribution >= 4 is 0 Å². The molecular weight excluding hydrogens is 496 g/mol. The van der Waals surface area contributed by atoms with Crippen LogP contribution < -0.4 is 22.5 Å². The van der Waals surface area contributed by atoms with E-state index in [1.54, 1.807) is 0 Å². The van der Waals surface area contributed by atoms with Crippen molar-refractivity contribution in [2.75, 3.05) is 13.2 Å². The second-order valence-electron chi connectivity index (χ2n) is 8.05. The van der Waals surface area contributed by atoms with Crippen LogP contribution in [0.25, 0.3) is 0 Å². The minimum atomic E-state index is -1.42. The van der Waals surface area contributed by atoms with Crippen LogP contribution in [-0.2, 0) is 9.47 Å². The Bertz CT molecular complexity index is 1440. The summed E-state index contributed by atoms with van der Waals surface area (Å²) in [5.41, 5.74) is -2.99. The summed E-state index contributed by atoms with van der Waals surface area (Å²) >= 11 is 0. The van der Waals surface area contributed by atoms with Crippen molar-refractivity contribution in [1.82, 2.24) is 19.1 Å². The molecule has 2 aromatic heterocycles. The summed E-state index contributed by atoms with van der Waals surface area (Å²) in [5, 5.41) is 46.9. The summed E-state index contributed by atoms with van der Waals surface area (Å²) in [6, 6.07) is 0. The topological polar surface area (TPSA) is 229 Å². The van der Waals surface area contributed by atoms with E-state index in [9.17, 15) is 34.5 Å². The smallest absolute Gasteiger partial charge is 0.330 e. The number of aromatic nitrogens is 4. The van der Waals surface area contributed by atoms with Gasteiger partial charge in [0.25, 0.3) is 11.1 Å². The van der Waals surface area contributed by atoms with Gasteiger partial charge >= 0.3 is 11.4 Å². The van der Waals surface area contributed by atoms with Gasteiger partial charge in [-0.15, -0.1) is 12.8 Å². The fourth-order valence-electron chi connectivity index (χ4n) is 3.74. The number of terminal acetylenes is 2. The SMILES string of the molecule is C#Cc1cn([C@@H]2O[C@H](CO)[C@@H](O)[C@H]2O)c(=O)[nH]c1=O.C#Cc1cn([C@H]2C[C@H](O)[C@@H](CO)O2)c(=O)[nH]c1=O. The van der Waals surface area contributed by atoms with E-state index in [0.717, 1.165) is 15.3 Å². The lowest BCUT2D eigenvalue weighted by molar-refractivity contribution is -0.0550. The Morgan fingerprint density at radius 1 is 0.838 bits per heavy atom. The molecule has 0 radical (unpaired) electrons. The molecule has 2 fully saturated rings. The molecule has 2 aliphatic rings. The van der Waals surface area contributed by atoms with Crippen LogP contribution in [0, 0.1) is 24.7 Å². The lowest BCUT2D eigenvalue weighted by atomic mass is 10.1. The summed E-state index contributed by atoms with van der Waals surface area (Å²) in [4.78, 5) is 49.9. The minimum absolute atomic E-state index is 0.000128. The van der Waals surface area contributed by atoms with Gasteiger partial charge in [-0.05, 0) is 0 Å². The average Bonchev–Trinajstić information content (AvgIpc) is 3.38. The maximum Gasteiger partial charge on any atom is 0.330 e. The highest BCUT2D eigenvalue weighted by Gasteiger charge is 2.43. The maximum atomic E-state index is 11.6. The molecule has 2 aliphatic heterocycles. The van der Waals surface area contributed by atoms with Gasteiger partial charge in [-0.25, -0.2) is 9.59 Å². The van der Waals surface area contributed by atoms with Gasteiger partial charge in [0.05, 0.1) is 19.3 Å². The van der Waals surface area contributed by atoms with Crippen molar-refractivity contribution in [3.05, 3.63) is 65.2 Å². The van der Waals surface area contributed by atoms with E-state index in [1.807, 2.05) is 4.98 Å². The average molecular weight is 520 g/mol. The molecule has 4 heterocycles. The molecule has 0 aromatic carbocycles. The predicted molar refractivity (Wildman–Crippen MR) is 123 cm³/mol. The zero-order chi connectivity index (χ0) is 27.4. The highest BCUT2D eigenvalue weighted by molar-refractivity contribution is 5.27. The molecule has 15 nitrogen and oxygen atoms in total. The summed E-state index contributed by atoms with van der Waals surface area (Å²) in [6.07, 6.45) is 5.25. The summed E-state index contributed by atoms with van der Waals surface area (Å²) in [6.45, 7) is -0.868. The van der Waals surface area contributed by atoms with Gasteiger partial charge in [0.15, 0.2) is 6.23 Å². The largest absolute Gasteiger partial charge is 0.394 e. The minimum Gasteiger partial charge on any atom is -0.394 e. The van der Waals surface area contributed by atoms with Crippen molar-refractivity contribution in [1.29, 1.82) is 0 Å². The number of nitrogens with zero attached hydrogens (tertiary/aromatic N) is 2. The zero-order valence-corrected chi connectivity index (χ0v) is 19.1. The molecule has 0 saturated carbocycles. The molecule has 2 aromatic rings. The van der Waals surface area contributed by atoms with Crippen LogP contribution >= 0.6 is 0 Å². The highest BCUT2D eigenvalue weighted by Crippen LogP contribution is 2.28. The number of aromatic amines is 2. The molecule has 0 unspecified atom stereocenters. The first-order valence-electron chi connectivity index (χ1n) is 10.8. The number of hydrogen-bond acceptors (Lipinski definition) is 11. The number of ether oxygens (including phenoxy) is 2. The molecule has 4 rings (SSSR count). The second-order valence-corrected chi connectivity index (χ2v) is 8.05. The van der Waals surface area contributed by atoms with Crippen LogP contribution in [0.3, 0.4) is 0 Å². The van der Waals surface area contributed by atoms with Crippen LogP contribution in [0.5, 0.6) is 0 Å². The van der Waals surface area contributed by atoms with Crippen molar-refractivity contribution < 1.29 is 35.0 Å². The lowest BCUT2D eigenvalue weighted by Gasteiger charge is -2.17. The molecule has 2 saturated heterocycles. The fraction of sp³-hybridized carbons (Fsp3) is 0.455. The molecule has 15 heteroatoms. The summed E-state index contributed by atoms with van der Waals surface area (Å²) in [7, 11) is 0. The first kappa shape index (κ1) is 27.8. The Morgan fingerprint density at radius 3 is 1.81 bits per heavy atom. The third-order valence-corrected chi connectivity index (χ3v) is 5.73. The van der Waals surface area contributed by atoms with Gasteiger partial charge in [-0.2, -0.15) is 0 Å². The fourth-order valence-corrected chi connectivity index (χ4v) is 3.74. The van der Waals surface area contributed by atoms with Crippen molar-refractivity contribution in [3.63, 3.8) is 0 Å². The molecule has 37 heavy (non-hydrogen) atoms. The maximum absolute atomic E-state index is 11.6. The van der Waals surface area contributed by atoms with Crippen LogP contribution in [0.4, 0.5) is 0 Å². The van der Waals surface area contributed by atoms with Crippen molar-refractivity contribution in [2.45, 2.75) is 49.4 Å². The van der Waals surface area contributed by atoms with E-state index >= 15 is 0 Å². The third kappa shape index (κ3) is 5.63. The van der Waals surface area contributed by atoms with E-state index < -0.39 is 72.1 Å². The van der Waals surface area contributed by atoms with Crippen LogP contribution in [0.1, 0.15) is 30.0 Å². The number of hydrogen-bond donors (Lipinski definition) is 7. The van der Waals surface area contributed by atoms with E-state index in [0.29, 0.717) is 0 Å². The number of nitrogens with one attached hydrogen (secondary N) is 2. The standard InChI is InChI=1S/C11H12N2O6.C11H12N2O5/c1-2-5-3-13(11(18)12-9(5)17)10-8(16)7(15)6(4-14)19-10;1-2-6-4-13(11(17)12-10(6)16)9-3-7(15)8(5-14)18-9/h1,3,6-8,10,14-16H,4H2,(H,12,17,18);1,4,7-9,14-15H,3,5H2,(H,12,16,17)/t6-,7-,8-,10-;7-,8+,9+/m10/s1. The van der Waals surface area contributed by atoms with Gasteiger partial charge < -0.3 is 35.0 Å². The molecular formula is C22H24N4O11. The zero-order valence-electron chi connectivity index (χ0n) is 19.1. The number of aliphatic hydroxyl groups excluding tert-OH is 5. The van der Waals surface area contributed by atoms with Crippen molar-refractivity contribution in [3.8, 4) is 24.7 Å². The van der Waals surface area contributed by atoms with Crippen LogP contribution in [0.15, 0.2) is 31.6 Å². The first-order chi connectivity index (χ1) is 17.6. The number of aliphatic hydroxyl groups is 5. The molecule has 7 N–H and O–H groups in total. The third-order valence-electron chi connectivity index (χ3n) is 5.73. The van der Waals surface area contributed by atoms with Gasteiger partial charge in [-0.1, -0.05) is 11.8 Å². The first-order valence-corrected chi connectivity index (χ1v) is 10.8. The molecule has 0 aliphatic carbocycles. The van der Waals surface area contributed by atoms with Gasteiger partial charge in [0, 0.05) is 18.8 Å². The Hall–Kier alpha value is -3.80. The van der Waals surface area contributed by atoms with Crippen molar-refractivity contribution in [2.24, 2.45) is 0 Å². The monoisotopic (exact) mass is 520 g/mol. The van der Waals surface area contributed by atoms with E-state index in [1.165, 1.54) is 6.20 Å². The Morgan fingerprint density at radius 2 is 1.35 bits per heavy atom. The number of H-pyrrole nitrogens is 2. The molecule has 7 atom stereocenters. The van der Waals surface area contributed by atoms with Crippen LogP contribution in [-0.4, -0.2) is 88.4 Å². The molecule has 0 spiro atoms. The van der Waals surface area contributed by atoms with E-state index in [4.69, 9.17) is 32.5 Å². The molecule has 0 amide bonds. The second kappa shape index (κ2) is 11.5. The lowest BCUT2D eigenvalue weighted by Crippen LogP contribution is -2.38. The highest BCUT2D eigenvalue weighted by atomic mass is 16.6. The molecule has 0 bridgehead atoms. The van der Waals surface area contributed by atoms with Gasteiger partial charge in [0.1, 0.15) is 41.8 Å². The summed E-state index contributed by atoms with van der Waals surface area (Å²) in [5.74, 6) is 4.24. The normalized spacial score (nSPS) is 28.7. The van der Waals surface area contributed by atoms with E-state index in [-0.39, 0.29) is 24.2 Å². The Balaban J connectivity index is 0.000000206.